The number of aromatic nitrogens is 2. The van der Waals surface area contributed by atoms with Gasteiger partial charge in [0.25, 0.3) is 0 Å². The molecule has 1 fully saturated rings. The first kappa shape index (κ1) is 16.0. The van der Waals surface area contributed by atoms with Gasteiger partial charge in [-0.3, -0.25) is 0 Å². The van der Waals surface area contributed by atoms with Crippen LogP contribution in [0.25, 0.3) is 5.57 Å². The minimum atomic E-state index is 0.755. The van der Waals surface area contributed by atoms with Gasteiger partial charge in [0, 0.05) is 17.5 Å². The van der Waals surface area contributed by atoms with Crippen molar-refractivity contribution < 1.29 is 0 Å². The summed E-state index contributed by atoms with van der Waals surface area (Å²) < 4.78 is 0. The second-order valence-corrected chi connectivity index (χ2v) is 7.01. The number of allylic oxidation sites excluding steroid dienone is 8. The minimum absolute atomic E-state index is 0.755. The fourth-order valence-electron chi connectivity index (χ4n) is 3.65. The SMILES string of the molecule is Cc1cnc(C2=C3CCCCCCC(C)CC3=CC=CC=C2)[nH]1. The van der Waals surface area contributed by atoms with Crippen LogP contribution in [0.2, 0.25) is 0 Å². The maximum atomic E-state index is 4.60. The molecule has 122 valence electrons. The van der Waals surface area contributed by atoms with Crippen LogP contribution in [0.1, 0.15) is 63.4 Å². The second kappa shape index (κ2) is 7.63. The minimum Gasteiger partial charge on any atom is -0.342 e. The van der Waals surface area contributed by atoms with Gasteiger partial charge in [-0.15, -0.1) is 0 Å². The lowest BCUT2D eigenvalue weighted by atomic mass is 9.84. The van der Waals surface area contributed by atoms with E-state index in [1.54, 1.807) is 0 Å². The summed E-state index contributed by atoms with van der Waals surface area (Å²) in [5.41, 5.74) is 5.40. The Morgan fingerprint density at radius 3 is 2.78 bits per heavy atom. The average molecular weight is 308 g/mol. The normalized spacial score (nSPS) is 23.0. The molecule has 2 aliphatic carbocycles. The Kier molecular flexibility index (Phi) is 5.32. The van der Waals surface area contributed by atoms with Gasteiger partial charge < -0.3 is 4.98 Å². The molecule has 1 N–H and O–H groups in total. The summed E-state index contributed by atoms with van der Waals surface area (Å²) in [5.74, 6) is 1.77. The first-order valence-corrected chi connectivity index (χ1v) is 9.03. The second-order valence-electron chi connectivity index (χ2n) is 7.01. The van der Waals surface area contributed by atoms with Gasteiger partial charge in [-0.25, -0.2) is 4.98 Å². The highest BCUT2D eigenvalue weighted by Crippen LogP contribution is 2.34. The topological polar surface area (TPSA) is 28.7 Å². The van der Waals surface area contributed by atoms with E-state index in [-0.39, 0.29) is 0 Å². The van der Waals surface area contributed by atoms with Crippen LogP contribution in [0.15, 0.2) is 47.7 Å². The van der Waals surface area contributed by atoms with E-state index in [1.807, 2.05) is 6.20 Å². The van der Waals surface area contributed by atoms with Gasteiger partial charge in [0.15, 0.2) is 0 Å². The molecule has 3 rings (SSSR count). The van der Waals surface area contributed by atoms with Crippen molar-refractivity contribution in [2.45, 2.75) is 58.8 Å². The smallest absolute Gasteiger partial charge is 0.137 e. The number of hydrogen-bond acceptors (Lipinski definition) is 1. The maximum absolute atomic E-state index is 4.60. The molecular weight excluding hydrogens is 280 g/mol. The summed E-state index contributed by atoms with van der Waals surface area (Å²) in [7, 11) is 0. The molecule has 2 nitrogen and oxygen atoms in total. The summed E-state index contributed by atoms with van der Waals surface area (Å²) in [4.78, 5) is 8.03. The van der Waals surface area contributed by atoms with Crippen molar-refractivity contribution in [3.8, 4) is 0 Å². The Hall–Kier alpha value is -1.83. The van der Waals surface area contributed by atoms with Gasteiger partial charge in [0.05, 0.1) is 0 Å². The predicted molar refractivity (Wildman–Crippen MR) is 98.1 cm³/mol. The third-order valence-corrected chi connectivity index (χ3v) is 4.90. The van der Waals surface area contributed by atoms with E-state index in [4.69, 9.17) is 0 Å². The number of aromatic amines is 1. The Balaban J connectivity index is 2.04. The number of nitrogens with zero attached hydrogens (tertiary/aromatic N) is 1. The number of fused-ring (bicyclic) bond motifs is 1. The third kappa shape index (κ3) is 4.13. The summed E-state index contributed by atoms with van der Waals surface area (Å²) in [5, 5.41) is 0. The summed E-state index contributed by atoms with van der Waals surface area (Å²) in [6, 6.07) is 0. The van der Waals surface area contributed by atoms with Crippen LogP contribution in [-0.2, 0) is 0 Å². The lowest BCUT2D eigenvalue weighted by Crippen LogP contribution is -2.05. The highest BCUT2D eigenvalue weighted by atomic mass is 14.9. The van der Waals surface area contributed by atoms with Crippen molar-refractivity contribution in [1.29, 1.82) is 0 Å². The highest BCUT2D eigenvalue weighted by Gasteiger charge is 2.17. The molecule has 1 saturated carbocycles. The van der Waals surface area contributed by atoms with Gasteiger partial charge in [-0.1, -0.05) is 63.0 Å². The van der Waals surface area contributed by atoms with Gasteiger partial charge in [0.1, 0.15) is 5.82 Å². The molecule has 1 unspecified atom stereocenters. The van der Waals surface area contributed by atoms with Gasteiger partial charge in [-0.2, -0.15) is 0 Å². The number of rotatable bonds is 1. The molecule has 0 bridgehead atoms. The molecule has 0 aliphatic heterocycles. The fourth-order valence-corrected chi connectivity index (χ4v) is 3.65. The Morgan fingerprint density at radius 1 is 1.09 bits per heavy atom. The van der Waals surface area contributed by atoms with E-state index in [1.165, 1.54) is 55.2 Å². The van der Waals surface area contributed by atoms with Gasteiger partial charge in [0.2, 0.25) is 0 Å². The first-order chi connectivity index (χ1) is 11.2. The zero-order valence-corrected chi connectivity index (χ0v) is 14.4. The predicted octanol–water partition coefficient (Wildman–Crippen LogP) is 5.90. The van der Waals surface area contributed by atoms with E-state index >= 15 is 0 Å². The Morgan fingerprint density at radius 2 is 1.96 bits per heavy atom. The summed E-state index contributed by atoms with van der Waals surface area (Å²) >= 11 is 0. The van der Waals surface area contributed by atoms with Crippen LogP contribution in [0.3, 0.4) is 0 Å². The van der Waals surface area contributed by atoms with Gasteiger partial charge >= 0.3 is 0 Å². The zero-order chi connectivity index (χ0) is 16.1. The third-order valence-electron chi connectivity index (χ3n) is 4.90. The van der Waals surface area contributed by atoms with Crippen LogP contribution < -0.4 is 0 Å². The Labute approximate surface area is 140 Å². The quantitative estimate of drug-likeness (QED) is 0.687. The lowest BCUT2D eigenvalue weighted by molar-refractivity contribution is 0.475. The molecule has 1 aromatic heterocycles. The molecule has 0 saturated heterocycles. The van der Waals surface area contributed by atoms with Gasteiger partial charge in [-0.05, 0) is 43.3 Å². The Bertz CT molecular complexity index is 655. The van der Waals surface area contributed by atoms with E-state index in [0.29, 0.717) is 0 Å². The van der Waals surface area contributed by atoms with Crippen LogP contribution in [0, 0.1) is 12.8 Å². The molecule has 1 aromatic rings. The van der Waals surface area contributed by atoms with E-state index in [0.717, 1.165) is 23.9 Å². The van der Waals surface area contributed by atoms with Crippen LogP contribution >= 0.6 is 0 Å². The zero-order valence-electron chi connectivity index (χ0n) is 14.4. The number of aryl methyl sites for hydroxylation is 1. The number of hydrogen-bond donors (Lipinski definition) is 1. The van der Waals surface area contributed by atoms with E-state index in [2.05, 4.69) is 54.2 Å². The number of nitrogens with one attached hydrogen (secondary N) is 1. The number of imidazole rings is 1. The molecule has 0 radical (unpaired) electrons. The fraction of sp³-hybridized carbons (Fsp3) is 0.476. The van der Waals surface area contributed by atoms with Crippen molar-refractivity contribution in [2.75, 3.05) is 0 Å². The van der Waals surface area contributed by atoms with Crippen molar-refractivity contribution in [3.05, 3.63) is 59.2 Å². The van der Waals surface area contributed by atoms with E-state index < -0.39 is 0 Å². The van der Waals surface area contributed by atoms with Crippen LogP contribution in [0.5, 0.6) is 0 Å². The molecule has 1 atom stereocenters. The van der Waals surface area contributed by atoms with E-state index in [9.17, 15) is 0 Å². The number of H-pyrrole nitrogens is 1. The molecular formula is C21H28N2. The van der Waals surface area contributed by atoms with Crippen molar-refractivity contribution in [2.24, 2.45) is 5.92 Å². The molecule has 0 aromatic carbocycles. The maximum Gasteiger partial charge on any atom is 0.137 e. The van der Waals surface area contributed by atoms with Crippen LogP contribution in [0.4, 0.5) is 0 Å². The first-order valence-electron chi connectivity index (χ1n) is 9.03. The monoisotopic (exact) mass is 308 g/mol. The standard InChI is InChI=1S/C21H28N2/c1-16-10-6-3-4-8-12-19-18(14-16)11-7-5-9-13-20(19)21-22-15-17(2)23-21/h5,7,9,11,13,15-16H,3-4,6,8,10,12,14H2,1-2H3,(H,22,23). The molecule has 0 spiro atoms. The molecule has 2 aliphatic rings. The van der Waals surface area contributed by atoms with Crippen molar-refractivity contribution in [1.82, 2.24) is 9.97 Å². The average Bonchev–Trinajstić information content (AvgIpc) is 2.94. The highest BCUT2D eigenvalue weighted by molar-refractivity contribution is 5.77. The summed E-state index contributed by atoms with van der Waals surface area (Å²) in [6.45, 7) is 4.47. The lowest BCUT2D eigenvalue weighted by Gasteiger charge is -2.21. The largest absolute Gasteiger partial charge is 0.342 e. The van der Waals surface area contributed by atoms with Crippen molar-refractivity contribution in [3.63, 3.8) is 0 Å². The molecule has 1 heterocycles. The summed E-state index contributed by atoms with van der Waals surface area (Å²) in [6.07, 6.45) is 22.0. The molecule has 23 heavy (non-hydrogen) atoms. The van der Waals surface area contributed by atoms with Crippen molar-refractivity contribution >= 4 is 5.57 Å². The molecule has 0 amide bonds. The van der Waals surface area contributed by atoms with Crippen LogP contribution in [-0.4, -0.2) is 9.97 Å². The molecule has 2 heteroatoms.